The fourth-order valence-corrected chi connectivity index (χ4v) is 2.86. The molecule has 1 heterocycles. The Hall–Kier alpha value is -0.260. The molecule has 0 amide bonds. The van der Waals surface area contributed by atoms with Crippen molar-refractivity contribution < 1.29 is 4.74 Å². The normalized spacial score (nSPS) is 19.2. The number of aromatic amines is 1. The highest BCUT2D eigenvalue weighted by molar-refractivity contribution is 9.10. The van der Waals surface area contributed by atoms with Crippen LogP contribution in [0.5, 0.6) is 0 Å². The van der Waals surface area contributed by atoms with Crippen LogP contribution in [-0.4, -0.2) is 17.1 Å². The van der Waals surface area contributed by atoms with E-state index in [1.807, 2.05) is 0 Å². The van der Waals surface area contributed by atoms with Gasteiger partial charge in [0, 0.05) is 13.3 Å². The van der Waals surface area contributed by atoms with Crippen molar-refractivity contribution in [3.05, 3.63) is 21.1 Å². The smallest absolute Gasteiger partial charge is 0.136 e. The van der Waals surface area contributed by atoms with Gasteiger partial charge in [-0.3, -0.25) is 0 Å². The summed E-state index contributed by atoms with van der Waals surface area (Å²) in [4.78, 5) is 7.55. The summed E-state index contributed by atoms with van der Waals surface area (Å²) in [5, 5.41) is 0. The summed E-state index contributed by atoms with van der Waals surface area (Å²) in [5.41, 5.74) is 0. The van der Waals surface area contributed by atoms with Crippen LogP contribution < -0.4 is 0 Å². The maximum absolute atomic E-state index is 5.62. The minimum atomic E-state index is 0.0464. The van der Waals surface area contributed by atoms with E-state index in [4.69, 9.17) is 17.0 Å². The predicted molar refractivity (Wildman–Crippen MR) is 73.4 cm³/mol. The van der Waals surface area contributed by atoms with Crippen LogP contribution in [-0.2, 0) is 4.74 Å². The van der Waals surface area contributed by atoms with Gasteiger partial charge in [0.1, 0.15) is 16.6 Å². The van der Waals surface area contributed by atoms with Crippen molar-refractivity contribution in [2.75, 3.05) is 7.11 Å². The van der Waals surface area contributed by atoms with Crippen LogP contribution in [0.2, 0.25) is 0 Å². The molecular weight excluding hydrogens is 300 g/mol. The molecule has 0 bridgehead atoms. The molecule has 1 fully saturated rings. The fraction of sp³-hybridized carbons (Fsp3) is 0.667. The Bertz CT molecular complexity index is 429. The van der Waals surface area contributed by atoms with Gasteiger partial charge >= 0.3 is 0 Å². The van der Waals surface area contributed by atoms with Crippen LogP contribution in [0.25, 0.3) is 0 Å². The zero-order chi connectivity index (χ0) is 12.3. The molecule has 1 aliphatic carbocycles. The summed E-state index contributed by atoms with van der Waals surface area (Å²) >= 11 is 8.57. The van der Waals surface area contributed by atoms with E-state index >= 15 is 0 Å². The maximum Gasteiger partial charge on any atom is 0.136 e. The highest BCUT2D eigenvalue weighted by Crippen LogP contribution is 2.35. The van der Waals surface area contributed by atoms with E-state index in [9.17, 15) is 0 Å². The van der Waals surface area contributed by atoms with E-state index in [2.05, 4.69) is 25.9 Å². The van der Waals surface area contributed by atoms with Crippen molar-refractivity contribution in [1.82, 2.24) is 9.97 Å². The quantitative estimate of drug-likeness (QED) is 0.850. The maximum atomic E-state index is 5.62. The van der Waals surface area contributed by atoms with Crippen LogP contribution in [0.4, 0.5) is 0 Å². The summed E-state index contributed by atoms with van der Waals surface area (Å²) in [6, 6.07) is 0. The van der Waals surface area contributed by atoms with Gasteiger partial charge in [0.05, 0.1) is 4.47 Å². The summed E-state index contributed by atoms with van der Waals surface area (Å²) in [7, 11) is 1.75. The second kappa shape index (κ2) is 6.07. The third kappa shape index (κ3) is 3.14. The molecule has 1 atom stereocenters. The van der Waals surface area contributed by atoms with E-state index in [0.717, 1.165) is 10.3 Å². The Balaban J connectivity index is 2.21. The Morgan fingerprint density at radius 2 is 2.18 bits per heavy atom. The van der Waals surface area contributed by atoms with Crippen molar-refractivity contribution >= 4 is 28.1 Å². The van der Waals surface area contributed by atoms with E-state index < -0.39 is 0 Å². The van der Waals surface area contributed by atoms with Crippen LogP contribution >= 0.6 is 28.1 Å². The first-order chi connectivity index (χ1) is 8.22. The van der Waals surface area contributed by atoms with Gasteiger partial charge in [-0.25, -0.2) is 4.98 Å². The van der Waals surface area contributed by atoms with E-state index in [1.54, 1.807) is 13.3 Å². The molecule has 0 spiro atoms. The highest BCUT2D eigenvalue weighted by atomic mass is 79.9. The molecule has 1 N–H and O–H groups in total. The summed E-state index contributed by atoms with van der Waals surface area (Å²) in [6.45, 7) is 0. The summed E-state index contributed by atoms with van der Waals surface area (Å²) in [6.07, 6.45) is 8.17. The van der Waals surface area contributed by atoms with Gasteiger partial charge in [0.25, 0.3) is 0 Å². The Kier molecular flexibility index (Phi) is 4.70. The molecule has 1 aromatic heterocycles. The number of halogens is 1. The molecule has 0 aromatic carbocycles. The summed E-state index contributed by atoms with van der Waals surface area (Å²) in [5.74, 6) is 1.42. The number of hydrogen-bond acceptors (Lipinski definition) is 3. The van der Waals surface area contributed by atoms with Gasteiger partial charge < -0.3 is 9.72 Å². The van der Waals surface area contributed by atoms with Crippen LogP contribution in [0.1, 0.15) is 44.0 Å². The molecule has 1 unspecified atom stereocenters. The lowest BCUT2D eigenvalue weighted by atomic mass is 9.85. The number of ether oxygens (including phenoxy) is 1. The molecule has 0 saturated heterocycles. The lowest BCUT2D eigenvalue weighted by molar-refractivity contribution is 0.0288. The monoisotopic (exact) mass is 316 g/mol. The first kappa shape index (κ1) is 13.2. The van der Waals surface area contributed by atoms with Crippen molar-refractivity contribution in [3.8, 4) is 0 Å². The molecule has 2 rings (SSSR count). The number of nitrogens with one attached hydrogen (secondary N) is 1. The molecule has 1 saturated carbocycles. The third-order valence-electron chi connectivity index (χ3n) is 3.38. The fourth-order valence-electron chi connectivity index (χ4n) is 2.50. The molecule has 17 heavy (non-hydrogen) atoms. The second-order valence-corrected chi connectivity index (χ2v) is 5.76. The SMILES string of the molecule is COC(c1ncc(Br)c(=S)[nH]1)C1CCCCC1. The zero-order valence-electron chi connectivity index (χ0n) is 9.91. The third-order valence-corrected chi connectivity index (χ3v) is 4.56. The standard InChI is InChI=1S/C12H17BrN2OS/c1-16-10(8-5-3-2-4-6-8)11-14-7-9(13)12(17)15-11/h7-8,10H,2-6H2,1H3,(H,14,15,17). The van der Waals surface area contributed by atoms with Crippen molar-refractivity contribution in [2.45, 2.75) is 38.2 Å². The summed E-state index contributed by atoms with van der Waals surface area (Å²) < 4.78 is 7.13. The van der Waals surface area contributed by atoms with Gasteiger partial charge in [-0.05, 0) is 34.7 Å². The first-order valence-electron chi connectivity index (χ1n) is 6.00. The average Bonchev–Trinajstić information content (AvgIpc) is 2.36. The Labute approximate surface area is 115 Å². The van der Waals surface area contributed by atoms with Crippen molar-refractivity contribution in [3.63, 3.8) is 0 Å². The van der Waals surface area contributed by atoms with Crippen LogP contribution in [0, 0.1) is 10.6 Å². The molecule has 5 heteroatoms. The number of nitrogens with zero attached hydrogens (tertiary/aromatic N) is 1. The minimum Gasteiger partial charge on any atom is -0.373 e. The van der Waals surface area contributed by atoms with Crippen molar-refractivity contribution in [1.29, 1.82) is 0 Å². The van der Waals surface area contributed by atoms with E-state index in [-0.39, 0.29) is 6.10 Å². The largest absolute Gasteiger partial charge is 0.373 e. The topological polar surface area (TPSA) is 37.9 Å². The Morgan fingerprint density at radius 3 is 2.76 bits per heavy atom. The van der Waals surface area contributed by atoms with Gasteiger partial charge in [-0.15, -0.1) is 0 Å². The number of methoxy groups -OCH3 is 1. The molecule has 0 radical (unpaired) electrons. The minimum absolute atomic E-state index is 0.0464. The zero-order valence-corrected chi connectivity index (χ0v) is 12.3. The molecule has 3 nitrogen and oxygen atoms in total. The Morgan fingerprint density at radius 1 is 1.47 bits per heavy atom. The molecule has 0 aliphatic heterocycles. The molecule has 1 aliphatic rings. The first-order valence-corrected chi connectivity index (χ1v) is 7.20. The van der Waals surface area contributed by atoms with Crippen molar-refractivity contribution in [2.24, 2.45) is 5.92 Å². The lowest BCUT2D eigenvalue weighted by Gasteiger charge is -2.28. The van der Waals surface area contributed by atoms with Crippen LogP contribution in [0.3, 0.4) is 0 Å². The van der Waals surface area contributed by atoms with Crippen LogP contribution in [0.15, 0.2) is 10.7 Å². The number of aromatic nitrogens is 2. The van der Waals surface area contributed by atoms with Gasteiger partial charge in [0.2, 0.25) is 0 Å². The predicted octanol–water partition coefficient (Wildman–Crippen LogP) is 4.17. The number of hydrogen-bond donors (Lipinski definition) is 1. The average molecular weight is 317 g/mol. The van der Waals surface area contributed by atoms with E-state index in [1.165, 1.54) is 32.1 Å². The second-order valence-electron chi connectivity index (χ2n) is 4.50. The van der Waals surface area contributed by atoms with Gasteiger partial charge in [-0.1, -0.05) is 31.5 Å². The van der Waals surface area contributed by atoms with E-state index in [0.29, 0.717) is 10.6 Å². The highest BCUT2D eigenvalue weighted by Gasteiger charge is 2.26. The number of rotatable bonds is 3. The van der Waals surface area contributed by atoms with Gasteiger partial charge in [-0.2, -0.15) is 0 Å². The molecule has 94 valence electrons. The lowest BCUT2D eigenvalue weighted by Crippen LogP contribution is -2.20. The number of H-pyrrole nitrogens is 1. The van der Waals surface area contributed by atoms with Gasteiger partial charge in [0.15, 0.2) is 0 Å². The molecule has 1 aromatic rings. The molecular formula is C12H17BrN2OS.